The number of carbonyl (C=O) groups is 1. The highest BCUT2D eigenvalue weighted by Gasteiger charge is 2.33. The average Bonchev–Trinajstić information content (AvgIpc) is 2.60. The predicted octanol–water partition coefficient (Wildman–Crippen LogP) is 5.01. The molecule has 1 aliphatic carbocycles. The van der Waals surface area contributed by atoms with E-state index in [1.165, 1.54) is 12.1 Å². The van der Waals surface area contributed by atoms with Crippen molar-refractivity contribution in [1.82, 2.24) is 0 Å². The molecule has 0 saturated heterocycles. The molecule has 1 aliphatic rings. The molecule has 158 valence electrons. The number of alkyl halides is 3. The molecule has 0 unspecified atom stereocenters. The number of Topliss-reactive ketones (excluding diaryl/α,β-unsaturated/α-hetero) is 1. The van der Waals surface area contributed by atoms with Gasteiger partial charge < -0.3 is 0 Å². The summed E-state index contributed by atoms with van der Waals surface area (Å²) in [7, 11) is -3.08. The van der Waals surface area contributed by atoms with Gasteiger partial charge in [-0.25, -0.2) is 8.42 Å². The smallest absolute Gasteiger partial charge is 0.299 e. The molecule has 0 radical (unpaired) electrons. The van der Waals surface area contributed by atoms with Gasteiger partial charge >= 0.3 is 6.18 Å². The first-order chi connectivity index (χ1) is 12.9. The number of halogens is 3. The Morgan fingerprint density at radius 1 is 1.14 bits per heavy atom. The van der Waals surface area contributed by atoms with Crippen molar-refractivity contribution in [2.24, 2.45) is 11.8 Å². The Morgan fingerprint density at radius 3 is 2.25 bits per heavy atom. The summed E-state index contributed by atoms with van der Waals surface area (Å²) in [6, 6.07) is 3.94. The highest BCUT2D eigenvalue weighted by Crippen LogP contribution is 2.34. The molecule has 0 spiro atoms. The van der Waals surface area contributed by atoms with E-state index >= 15 is 0 Å². The van der Waals surface area contributed by atoms with Crippen LogP contribution in [0.4, 0.5) is 13.2 Å². The summed E-state index contributed by atoms with van der Waals surface area (Å²) in [4.78, 5) is 12.6. The fourth-order valence-corrected chi connectivity index (χ4v) is 5.22. The maximum Gasteiger partial charge on any atom is 0.416 e. The number of rotatable bonds is 7. The molecule has 1 aromatic rings. The molecule has 0 aliphatic heterocycles. The number of sulfone groups is 1. The van der Waals surface area contributed by atoms with Crippen LogP contribution >= 0.6 is 0 Å². The van der Waals surface area contributed by atoms with E-state index in [1.54, 1.807) is 20.8 Å². The Bertz CT molecular complexity index is 790. The lowest BCUT2D eigenvalue weighted by molar-refractivity contribution is -0.138. The number of hydrogen-bond donors (Lipinski definition) is 0. The summed E-state index contributed by atoms with van der Waals surface area (Å²) in [5.41, 5.74) is 0.179. The number of aryl methyl sites for hydroxylation is 1. The normalized spacial score (nSPS) is 21.1. The van der Waals surface area contributed by atoms with E-state index in [0.29, 0.717) is 31.2 Å². The van der Waals surface area contributed by atoms with Crippen molar-refractivity contribution in [3.05, 3.63) is 34.9 Å². The lowest BCUT2D eigenvalue weighted by Crippen LogP contribution is -2.29. The minimum Gasteiger partial charge on any atom is -0.299 e. The summed E-state index contributed by atoms with van der Waals surface area (Å²) in [5.74, 6) is 0.163. The zero-order chi connectivity index (χ0) is 21.1. The van der Waals surface area contributed by atoms with E-state index in [2.05, 4.69) is 0 Å². The van der Waals surface area contributed by atoms with Crippen molar-refractivity contribution < 1.29 is 26.4 Å². The van der Waals surface area contributed by atoms with Crippen molar-refractivity contribution >= 4 is 15.6 Å². The van der Waals surface area contributed by atoms with Crippen LogP contribution < -0.4 is 0 Å². The molecule has 0 aromatic heterocycles. The molecule has 2 rings (SSSR count). The molecule has 0 amide bonds. The molecule has 1 aromatic carbocycles. The highest BCUT2D eigenvalue weighted by atomic mass is 32.2. The van der Waals surface area contributed by atoms with Gasteiger partial charge in [0.1, 0.15) is 5.78 Å². The van der Waals surface area contributed by atoms with Crippen molar-refractivity contribution in [3.63, 3.8) is 0 Å². The molecule has 0 bridgehead atoms. The summed E-state index contributed by atoms with van der Waals surface area (Å²) in [6.45, 7) is 5.03. The third-order valence-corrected chi connectivity index (χ3v) is 8.10. The van der Waals surface area contributed by atoms with E-state index < -0.39 is 21.6 Å². The molecule has 1 saturated carbocycles. The summed E-state index contributed by atoms with van der Waals surface area (Å²) in [5, 5.41) is -0.390. The molecule has 0 heterocycles. The first-order valence-electron chi connectivity index (χ1n) is 9.87. The number of carbonyl (C=O) groups excluding carboxylic acids is 1. The molecular formula is C21H29F3O3S. The van der Waals surface area contributed by atoms with Crippen LogP contribution in [0.15, 0.2) is 18.2 Å². The van der Waals surface area contributed by atoms with Crippen LogP contribution in [-0.2, 0) is 33.6 Å². The maximum atomic E-state index is 13.0. The average molecular weight is 419 g/mol. The van der Waals surface area contributed by atoms with Crippen molar-refractivity contribution in [2.75, 3.05) is 5.75 Å². The van der Waals surface area contributed by atoms with Crippen LogP contribution in [0, 0.1) is 11.8 Å². The van der Waals surface area contributed by atoms with Gasteiger partial charge in [-0.3, -0.25) is 4.79 Å². The van der Waals surface area contributed by atoms with Gasteiger partial charge in [0.05, 0.1) is 16.6 Å². The minimum absolute atomic E-state index is 0.0342. The summed E-state index contributed by atoms with van der Waals surface area (Å²) >= 11 is 0. The molecule has 1 fully saturated rings. The van der Waals surface area contributed by atoms with Crippen LogP contribution in [0.1, 0.15) is 63.1 Å². The zero-order valence-corrected chi connectivity index (χ0v) is 17.5. The second-order valence-electron chi connectivity index (χ2n) is 8.08. The van der Waals surface area contributed by atoms with Gasteiger partial charge in [-0.2, -0.15) is 13.2 Å². The summed E-state index contributed by atoms with van der Waals surface area (Å²) < 4.78 is 63.2. The fraction of sp³-hybridized carbons (Fsp3) is 0.667. The third kappa shape index (κ3) is 5.82. The van der Waals surface area contributed by atoms with Crippen molar-refractivity contribution in [2.45, 2.75) is 70.7 Å². The van der Waals surface area contributed by atoms with Gasteiger partial charge in [-0.1, -0.05) is 19.1 Å². The first-order valence-corrected chi connectivity index (χ1v) is 11.6. The van der Waals surface area contributed by atoms with Crippen molar-refractivity contribution in [1.29, 1.82) is 0 Å². The molecule has 0 N–H and O–H groups in total. The van der Waals surface area contributed by atoms with E-state index in [-0.39, 0.29) is 47.0 Å². The second kappa shape index (κ2) is 8.97. The molecular weight excluding hydrogens is 389 g/mol. The van der Waals surface area contributed by atoms with Crippen LogP contribution in [0.25, 0.3) is 0 Å². The van der Waals surface area contributed by atoms with E-state index in [1.807, 2.05) is 0 Å². The Labute approximate surface area is 165 Å². The topological polar surface area (TPSA) is 51.2 Å². The number of hydrogen-bond acceptors (Lipinski definition) is 3. The standard InChI is InChI=1S/C21H29F3O3S/c1-4-17-11-16(7-10-19(17)21(22,23)24)12-20(25)18-8-5-15(6-9-18)13-28(26,27)14(2)3/h7,10-11,14-15,18H,4-6,8-9,12-13H2,1-3H3. The molecule has 3 nitrogen and oxygen atoms in total. The van der Waals surface area contributed by atoms with E-state index in [9.17, 15) is 26.4 Å². The van der Waals surface area contributed by atoms with Gasteiger partial charge in [-0.05, 0) is 69.1 Å². The Kier molecular flexibility index (Phi) is 7.34. The lowest BCUT2D eigenvalue weighted by Gasteiger charge is -2.28. The zero-order valence-electron chi connectivity index (χ0n) is 16.7. The Hall–Kier alpha value is -1.37. The third-order valence-electron chi connectivity index (χ3n) is 5.72. The minimum atomic E-state index is -4.39. The quantitative estimate of drug-likeness (QED) is 0.626. The van der Waals surface area contributed by atoms with Crippen LogP contribution in [-0.4, -0.2) is 25.2 Å². The van der Waals surface area contributed by atoms with Crippen LogP contribution in [0.2, 0.25) is 0 Å². The second-order valence-corrected chi connectivity index (χ2v) is 10.7. The van der Waals surface area contributed by atoms with E-state index in [4.69, 9.17) is 0 Å². The van der Waals surface area contributed by atoms with Gasteiger partial charge in [-0.15, -0.1) is 0 Å². The van der Waals surface area contributed by atoms with Gasteiger partial charge in [0.25, 0.3) is 0 Å². The highest BCUT2D eigenvalue weighted by molar-refractivity contribution is 7.91. The van der Waals surface area contributed by atoms with Gasteiger partial charge in [0, 0.05) is 12.3 Å². The van der Waals surface area contributed by atoms with Crippen LogP contribution in [0.5, 0.6) is 0 Å². The number of ketones is 1. The predicted molar refractivity (Wildman–Crippen MR) is 104 cm³/mol. The Balaban J connectivity index is 1.96. The Morgan fingerprint density at radius 2 is 1.75 bits per heavy atom. The van der Waals surface area contributed by atoms with Gasteiger partial charge in [0.15, 0.2) is 9.84 Å². The van der Waals surface area contributed by atoms with Gasteiger partial charge in [0.2, 0.25) is 0 Å². The lowest BCUT2D eigenvalue weighted by atomic mass is 9.79. The number of benzene rings is 1. The summed E-state index contributed by atoms with van der Waals surface area (Å²) in [6.07, 6.45) is -1.29. The molecule has 0 atom stereocenters. The first kappa shape index (κ1) is 22.9. The molecule has 28 heavy (non-hydrogen) atoms. The largest absolute Gasteiger partial charge is 0.416 e. The van der Waals surface area contributed by atoms with E-state index in [0.717, 1.165) is 6.07 Å². The monoisotopic (exact) mass is 418 g/mol. The van der Waals surface area contributed by atoms with Crippen molar-refractivity contribution in [3.8, 4) is 0 Å². The SMILES string of the molecule is CCc1cc(CC(=O)C2CCC(CS(=O)(=O)C(C)C)CC2)ccc1C(F)(F)F. The maximum absolute atomic E-state index is 13.0. The fourth-order valence-electron chi connectivity index (χ4n) is 3.84. The van der Waals surface area contributed by atoms with Crippen LogP contribution in [0.3, 0.4) is 0 Å². The molecule has 7 heteroatoms.